The van der Waals surface area contributed by atoms with Gasteiger partial charge in [-0.2, -0.15) is 13.2 Å². The van der Waals surface area contributed by atoms with Gasteiger partial charge < -0.3 is 14.6 Å². The molecule has 0 bridgehead atoms. The van der Waals surface area contributed by atoms with Crippen LogP contribution >= 0.6 is 15.9 Å². The van der Waals surface area contributed by atoms with E-state index in [1.807, 2.05) is 0 Å². The van der Waals surface area contributed by atoms with E-state index >= 15 is 0 Å². The van der Waals surface area contributed by atoms with Crippen LogP contribution in [0.4, 0.5) is 18.9 Å². The van der Waals surface area contributed by atoms with Crippen LogP contribution in [-0.2, 0) is 0 Å². The van der Waals surface area contributed by atoms with Crippen LogP contribution in [0.1, 0.15) is 46.6 Å². The number of anilines is 1. The summed E-state index contributed by atoms with van der Waals surface area (Å²) in [6.45, 7) is 0. The summed E-state index contributed by atoms with van der Waals surface area (Å²) in [5.74, 6) is -2.27. The van der Waals surface area contributed by atoms with Gasteiger partial charge in [0, 0.05) is 13.1 Å². The number of hydrogen-bond acceptors (Lipinski definition) is 3. The molecule has 1 aromatic heterocycles. The van der Waals surface area contributed by atoms with E-state index in [0.717, 1.165) is 0 Å². The number of nitrogens with one attached hydrogen (secondary N) is 1. The van der Waals surface area contributed by atoms with Crippen LogP contribution in [0.3, 0.4) is 0 Å². The fourth-order valence-corrected chi connectivity index (χ4v) is 3.85. The molecule has 0 radical (unpaired) electrons. The maximum Gasteiger partial charge on any atom is 0.391 e. The number of carbonyl (C=O) groups is 2. The van der Waals surface area contributed by atoms with E-state index in [4.69, 9.17) is 4.42 Å². The molecule has 9 heteroatoms. The molecule has 2 unspecified atom stereocenters. The van der Waals surface area contributed by atoms with Crippen LogP contribution in [0.15, 0.2) is 45.5 Å². The first-order chi connectivity index (χ1) is 13.7. The van der Waals surface area contributed by atoms with E-state index in [9.17, 15) is 22.8 Å². The van der Waals surface area contributed by atoms with E-state index in [-0.39, 0.29) is 24.2 Å². The Balaban J connectivity index is 1.76. The second-order valence-corrected chi connectivity index (χ2v) is 7.84. The van der Waals surface area contributed by atoms with Crippen LogP contribution in [0.25, 0.3) is 0 Å². The summed E-state index contributed by atoms with van der Waals surface area (Å²) in [5.41, 5.74) is 0.550. The minimum atomic E-state index is -4.26. The molecule has 29 heavy (non-hydrogen) atoms. The Hall–Kier alpha value is -2.29. The Labute approximate surface area is 174 Å². The fraction of sp³-hybridized carbons (Fsp3) is 0.400. The molecule has 1 aromatic carbocycles. The summed E-state index contributed by atoms with van der Waals surface area (Å²) < 4.78 is 44.8. The molecule has 1 aliphatic rings. The molecule has 3 rings (SSSR count). The molecule has 2 atom stereocenters. The zero-order chi connectivity index (χ0) is 21.2. The van der Waals surface area contributed by atoms with Crippen molar-refractivity contribution < 1.29 is 27.2 Å². The zero-order valence-corrected chi connectivity index (χ0v) is 17.2. The molecule has 0 saturated heterocycles. The number of alkyl halides is 3. The highest BCUT2D eigenvalue weighted by Gasteiger charge is 2.42. The van der Waals surface area contributed by atoms with Crippen LogP contribution in [0.2, 0.25) is 0 Å². The average molecular weight is 473 g/mol. The molecular formula is C20H20BrF3N2O3. The molecule has 1 fully saturated rings. The zero-order valence-electron chi connectivity index (χ0n) is 15.6. The Morgan fingerprint density at radius 1 is 1.17 bits per heavy atom. The summed E-state index contributed by atoms with van der Waals surface area (Å²) >= 11 is 3.14. The lowest BCUT2D eigenvalue weighted by atomic mass is 9.85. The molecule has 0 spiro atoms. The van der Waals surface area contributed by atoms with Crippen molar-refractivity contribution in [3.63, 3.8) is 0 Å². The number of amides is 2. The van der Waals surface area contributed by atoms with Crippen molar-refractivity contribution >= 4 is 33.4 Å². The second-order valence-electron chi connectivity index (χ2n) is 7.06. The topological polar surface area (TPSA) is 62.6 Å². The third-order valence-corrected chi connectivity index (χ3v) is 5.50. The van der Waals surface area contributed by atoms with Crippen LogP contribution in [0.5, 0.6) is 0 Å². The van der Waals surface area contributed by atoms with E-state index < -0.39 is 30.0 Å². The summed E-state index contributed by atoms with van der Waals surface area (Å²) in [5, 5.41) is 2.71. The average Bonchev–Trinajstić information content (AvgIpc) is 3.12. The predicted molar refractivity (Wildman–Crippen MR) is 105 cm³/mol. The SMILES string of the molecule is CN(C(=O)c1ccc(Br)o1)c1ccccc1C(=O)NC1CCCC(C(F)(F)F)C1. The van der Waals surface area contributed by atoms with Gasteiger partial charge in [0.25, 0.3) is 11.8 Å². The third kappa shape index (κ3) is 5.01. The molecular weight excluding hydrogens is 453 g/mol. The lowest BCUT2D eigenvalue weighted by molar-refractivity contribution is -0.183. The number of halogens is 4. The van der Waals surface area contributed by atoms with Gasteiger partial charge in [0.05, 0.1) is 17.2 Å². The van der Waals surface area contributed by atoms with E-state index in [1.165, 1.54) is 24.1 Å². The van der Waals surface area contributed by atoms with Crippen LogP contribution < -0.4 is 10.2 Å². The first kappa shape index (κ1) is 21.4. The highest BCUT2D eigenvalue weighted by Crippen LogP contribution is 2.37. The maximum atomic E-state index is 13.0. The molecule has 156 valence electrons. The van der Waals surface area contributed by atoms with Gasteiger partial charge >= 0.3 is 6.18 Å². The smallest absolute Gasteiger partial charge is 0.391 e. The predicted octanol–water partition coefficient (Wildman–Crippen LogP) is 5.17. The van der Waals surface area contributed by atoms with Crippen molar-refractivity contribution in [1.82, 2.24) is 5.32 Å². The van der Waals surface area contributed by atoms with Crippen molar-refractivity contribution in [3.05, 3.63) is 52.4 Å². The van der Waals surface area contributed by atoms with Gasteiger partial charge in [-0.1, -0.05) is 18.6 Å². The Morgan fingerprint density at radius 2 is 1.90 bits per heavy atom. The first-order valence-corrected chi connectivity index (χ1v) is 9.96. The molecule has 2 aromatic rings. The number of carbonyl (C=O) groups excluding carboxylic acids is 2. The molecule has 1 aliphatic carbocycles. The normalized spacial score (nSPS) is 19.6. The van der Waals surface area contributed by atoms with Gasteiger partial charge in [-0.05, 0) is 59.5 Å². The van der Waals surface area contributed by atoms with E-state index in [0.29, 0.717) is 23.2 Å². The minimum Gasteiger partial charge on any atom is -0.444 e. The molecule has 1 saturated carbocycles. The van der Waals surface area contributed by atoms with Gasteiger partial charge in [0.1, 0.15) is 0 Å². The van der Waals surface area contributed by atoms with Gasteiger partial charge in [0.15, 0.2) is 10.4 Å². The molecule has 5 nitrogen and oxygen atoms in total. The monoisotopic (exact) mass is 472 g/mol. The lowest BCUT2D eigenvalue weighted by Gasteiger charge is -2.31. The van der Waals surface area contributed by atoms with Crippen molar-refractivity contribution in [2.75, 3.05) is 11.9 Å². The quantitative estimate of drug-likeness (QED) is 0.667. The number of nitrogens with zero attached hydrogens (tertiary/aromatic N) is 1. The molecule has 2 amide bonds. The minimum absolute atomic E-state index is 0.0857. The Kier molecular flexibility index (Phi) is 6.36. The maximum absolute atomic E-state index is 13.0. The summed E-state index contributed by atoms with van der Waals surface area (Å²) in [7, 11) is 1.51. The van der Waals surface area contributed by atoms with E-state index in [2.05, 4.69) is 21.2 Å². The molecule has 0 aliphatic heterocycles. The third-order valence-electron chi connectivity index (χ3n) is 5.07. The molecule has 1 N–H and O–H groups in total. The second kappa shape index (κ2) is 8.61. The summed E-state index contributed by atoms with van der Waals surface area (Å²) in [4.78, 5) is 26.7. The number of benzene rings is 1. The number of rotatable bonds is 4. The van der Waals surface area contributed by atoms with Gasteiger partial charge in [-0.15, -0.1) is 0 Å². The van der Waals surface area contributed by atoms with Gasteiger partial charge in [-0.25, -0.2) is 0 Å². The van der Waals surface area contributed by atoms with Crippen molar-refractivity contribution in [2.24, 2.45) is 5.92 Å². The fourth-order valence-electron chi connectivity index (χ4n) is 3.54. The van der Waals surface area contributed by atoms with Crippen molar-refractivity contribution in [3.8, 4) is 0 Å². The Morgan fingerprint density at radius 3 is 2.55 bits per heavy atom. The largest absolute Gasteiger partial charge is 0.444 e. The first-order valence-electron chi connectivity index (χ1n) is 9.17. The highest BCUT2D eigenvalue weighted by molar-refractivity contribution is 9.10. The lowest BCUT2D eigenvalue weighted by Crippen LogP contribution is -2.42. The number of hydrogen-bond donors (Lipinski definition) is 1. The van der Waals surface area contributed by atoms with Crippen molar-refractivity contribution in [2.45, 2.75) is 37.9 Å². The Bertz CT molecular complexity index is 897. The summed E-state index contributed by atoms with van der Waals surface area (Å²) in [6.07, 6.45) is -3.40. The van der Waals surface area contributed by atoms with Crippen LogP contribution in [0, 0.1) is 5.92 Å². The highest BCUT2D eigenvalue weighted by atomic mass is 79.9. The van der Waals surface area contributed by atoms with Crippen molar-refractivity contribution in [1.29, 1.82) is 0 Å². The summed E-state index contributed by atoms with van der Waals surface area (Å²) in [6, 6.07) is 8.98. The van der Waals surface area contributed by atoms with Gasteiger partial charge in [-0.3, -0.25) is 9.59 Å². The molecule has 1 heterocycles. The standard InChI is InChI=1S/C20H20BrF3N2O3/c1-26(19(28)16-9-10-17(21)29-16)15-8-3-2-7-14(15)18(27)25-13-6-4-5-12(11-13)20(22,23)24/h2-3,7-10,12-13H,4-6,11H2,1H3,(H,25,27). The van der Waals surface area contributed by atoms with E-state index in [1.54, 1.807) is 24.3 Å². The number of para-hydroxylation sites is 1. The number of furan rings is 1. The van der Waals surface area contributed by atoms with Crippen LogP contribution in [-0.4, -0.2) is 31.1 Å². The van der Waals surface area contributed by atoms with Gasteiger partial charge in [0.2, 0.25) is 0 Å².